The lowest BCUT2D eigenvalue weighted by Gasteiger charge is -2.21. The maximum atomic E-state index is 12.7. The fourth-order valence-electron chi connectivity index (χ4n) is 3.41. The van der Waals surface area contributed by atoms with Crippen LogP contribution < -0.4 is 16.0 Å². The minimum absolute atomic E-state index is 0.248. The molecule has 1 aromatic heterocycles. The number of benzene rings is 1. The Bertz CT molecular complexity index is 1110. The zero-order valence-electron chi connectivity index (χ0n) is 21.6. The third kappa shape index (κ3) is 8.83. The summed E-state index contributed by atoms with van der Waals surface area (Å²) in [5, 5.41) is 10.2. The van der Waals surface area contributed by atoms with Crippen molar-refractivity contribution in [1.29, 1.82) is 0 Å². The smallest absolute Gasteiger partial charge is 0.413 e. The number of ether oxygens (including phenoxy) is 2. The number of likely N-dealkylation sites (N-methyl/N-ethyl adjacent to an activating group) is 1. The number of thiazole rings is 1. The predicted octanol–water partition coefficient (Wildman–Crippen LogP) is 1.73. The molecule has 0 unspecified atom stereocenters. The number of amides is 4. The standard InChI is InChI=1S/C25H33N5O6S/c1-25(2,3)36-24(34)29-23-27-16(14-37-23)11-12-26-20(31)18-19(35-18)21(32)28-17(22(33)30(4)5)13-15-9-7-6-8-10-15/h6-10,14,17-19H,11-13H2,1-5H3,(H,26,31)(H,28,32)(H,27,29,34)/t17-,18-,19-/m0/s1. The molecule has 0 saturated carbocycles. The van der Waals surface area contributed by atoms with E-state index in [1.165, 1.54) is 16.2 Å². The summed E-state index contributed by atoms with van der Waals surface area (Å²) in [4.78, 5) is 55.3. The summed E-state index contributed by atoms with van der Waals surface area (Å²) in [6.07, 6.45) is -1.69. The van der Waals surface area contributed by atoms with Crippen molar-refractivity contribution >= 4 is 40.3 Å². The first-order valence-electron chi connectivity index (χ1n) is 11.9. The van der Waals surface area contributed by atoms with Gasteiger partial charge in [-0.2, -0.15) is 0 Å². The number of epoxide rings is 1. The van der Waals surface area contributed by atoms with E-state index in [0.717, 1.165) is 5.56 Å². The van der Waals surface area contributed by atoms with Gasteiger partial charge >= 0.3 is 6.09 Å². The molecule has 3 N–H and O–H groups in total. The number of nitrogens with zero attached hydrogens (tertiary/aromatic N) is 2. The topological polar surface area (TPSA) is 142 Å². The van der Waals surface area contributed by atoms with Crippen molar-refractivity contribution in [3.63, 3.8) is 0 Å². The van der Waals surface area contributed by atoms with Crippen LogP contribution in [0.2, 0.25) is 0 Å². The van der Waals surface area contributed by atoms with Crippen LogP contribution in [0, 0.1) is 0 Å². The van der Waals surface area contributed by atoms with Gasteiger partial charge in [0.15, 0.2) is 17.3 Å². The maximum Gasteiger partial charge on any atom is 0.413 e. The summed E-state index contributed by atoms with van der Waals surface area (Å²) in [7, 11) is 3.24. The molecule has 200 valence electrons. The average Bonchev–Trinajstić information content (AvgIpc) is 3.51. The van der Waals surface area contributed by atoms with Crippen LogP contribution >= 0.6 is 11.3 Å². The molecule has 11 nitrogen and oxygen atoms in total. The first-order chi connectivity index (χ1) is 17.4. The van der Waals surface area contributed by atoms with Gasteiger partial charge in [0.1, 0.15) is 11.6 Å². The second kappa shape index (κ2) is 12.2. The van der Waals surface area contributed by atoms with E-state index in [1.54, 1.807) is 40.2 Å². The largest absolute Gasteiger partial charge is 0.444 e. The zero-order chi connectivity index (χ0) is 27.2. The van der Waals surface area contributed by atoms with Crippen LogP contribution in [0.5, 0.6) is 0 Å². The minimum atomic E-state index is -0.947. The Morgan fingerprint density at radius 1 is 1.11 bits per heavy atom. The number of hydrogen-bond donors (Lipinski definition) is 3. The molecule has 37 heavy (non-hydrogen) atoms. The first-order valence-corrected chi connectivity index (χ1v) is 12.7. The van der Waals surface area contributed by atoms with Gasteiger partial charge in [0.25, 0.3) is 11.8 Å². The van der Waals surface area contributed by atoms with E-state index >= 15 is 0 Å². The second-order valence-corrected chi connectivity index (χ2v) is 10.6. The predicted molar refractivity (Wildman–Crippen MR) is 138 cm³/mol. The molecule has 2 aromatic rings. The molecular weight excluding hydrogens is 498 g/mol. The lowest BCUT2D eigenvalue weighted by molar-refractivity contribution is -0.134. The number of nitrogens with one attached hydrogen (secondary N) is 3. The van der Waals surface area contributed by atoms with Crippen LogP contribution in [0.4, 0.5) is 9.93 Å². The summed E-state index contributed by atoms with van der Waals surface area (Å²) in [6, 6.07) is 8.59. The van der Waals surface area contributed by atoms with E-state index in [0.29, 0.717) is 23.7 Å². The van der Waals surface area contributed by atoms with Crippen molar-refractivity contribution in [3.8, 4) is 0 Å². The Labute approximate surface area is 219 Å². The summed E-state index contributed by atoms with van der Waals surface area (Å²) >= 11 is 1.25. The Morgan fingerprint density at radius 2 is 1.78 bits per heavy atom. The SMILES string of the molecule is CN(C)C(=O)[C@H](Cc1ccccc1)NC(=O)[C@H]1O[C@@H]1C(=O)NCCc1csc(NC(=O)OC(C)(C)C)n1. The number of rotatable bonds is 10. The molecule has 0 spiro atoms. The van der Waals surface area contributed by atoms with Crippen LogP contribution in [0.1, 0.15) is 32.0 Å². The fraction of sp³-hybridized carbons (Fsp3) is 0.480. The van der Waals surface area contributed by atoms with Gasteiger partial charge < -0.3 is 25.0 Å². The van der Waals surface area contributed by atoms with Crippen LogP contribution in [-0.2, 0) is 36.7 Å². The first kappa shape index (κ1) is 28.1. The van der Waals surface area contributed by atoms with Gasteiger partial charge in [0.05, 0.1) is 5.69 Å². The molecule has 0 radical (unpaired) electrons. The Kier molecular flexibility index (Phi) is 9.22. The number of anilines is 1. The molecular formula is C25H33N5O6S. The Hall–Kier alpha value is -3.51. The molecule has 1 fully saturated rings. The van der Waals surface area contributed by atoms with Crippen molar-refractivity contribution < 1.29 is 28.7 Å². The van der Waals surface area contributed by atoms with Crippen LogP contribution in [-0.4, -0.2) is 78.2 Å². The third-order valence-electron chi connectivity index (χ3n) is 5.19. The van der Waals surface area contributed by atoms with Crippen molar-refractivity contribution in [1.82, 2.24) is 20.5 Å². The van der Waals surface area contributed by atoms with Gasteiger partial charge in [-0.1, -0.05) is 30.3 Å². The summed E-state index contributed by atoms with van der Waals surface area (Å²) in [5.74, 6) is -1.17. The van der Waals surface area contributed by atoms with E-state index in [9.17, 15) is 19.2 Å². The second-order valence-electron chi connectivity index (χ2n) is 9.77. The molecule has 1 aromatic carbocycles. The van der Waals surface area contributed by atoms with Gasteiger partial charge in [-0.05, 0) is 26.3 Å². The quantitative estimate of drug-likeness (QED) is 0.396. The lowest BCUT2D eigenvalue weighted by atomic mass is 10.0. The van der Waals surface area contributed by atoms with Crippen molar-refractivity contribution in [2.45, 2.75) is 57.5 Å². The highest BCUT2D eigenvalue weighted by atomic mass is 32.1. The van der Waals surface area contributed by atoms with Crippen LogP contribution in [0.15, 0.2) is 35.7 Å². The van der Waals surface area contributed by atoms with Crippen molar-refractivity contribution in [3.05, 3.63) is 47.0 Å². The number of aromatic nitrogens is 1. The van der Waals surface area contributed by atoms with Crippen molar-refractivity contribution in [2.24, 2.45) is 0 Å². The van der Waals surface area contributed by atoms with Gasteiger partial charge in [-0.25, -0.2) is 9.78 Å². The maximum absolute atomic E-state index is 12.7. The highest BCUT2D eigenvalue weighted by Crippen LogP contribution is 2.23. The third-order valence-corrected chi connectivity index (χ3v) is 5.99. The van der Waals surface area contributed by atoms with E-state index < -0.39 is 41.8 Å². The van der Waals surface area contributed by atoms with Gasteiger partial charge in [-0.15, -0.1) is 11.3 Å². The summed E-state index contributed by atoms with van der Waals surface area (Å²) in [6.45, 7) is 5.59. The van der Waals surface area contributed by atoms with E-state index in [1.807, 2.05) is 30.3 Å². The number of carbonyl (C=O) groups excluding carboxylic acids is 4. The normalized spacial score (nSPS) is 17.3. The molecule has 12 heteroatoms. The Morgan fingerprint density at radius 3 is 2.43 bits per heavy atom. The highest BCUT2D eigenvalue weighted by molar-refractivity contribution is 7.13. The van der Waals surface area contributed by atoms with Crippen LogP contribution in [0.3, 0.4) is 0 Å². The highest BCUT2D eigenvalue weighted by Gasteiger charge is 2.50. The molecule has 0 bridgehead atoms. The lowest BCUT2D eigenvalue weighted by Crippen LogP contribution is -2.49. The van der Waals surface area contributed by atoms with Gasteiger partial charge in [0.2, 0.25) is 5.91 Å². The molecule has 4 amide bonds. The van der Waals surface area contributed by atoms with Gasteiger partial charge in [-0.3, -0.25) is 19.7 Å². The summed E-state index contributed by atoms with van der Waals surface area (Å²) < 4.78 is 10.5. The zero-order valence-corrected chi connectivity index (χ0v) is 22.4. The molecule has 0 aliphatic carbocycles. The van der Waals surface area contributed by atoms with Crippen LogP contribution in [0.25, 0.3) is 0 Å². The molecule has 1 aliphatic rings. The van der Waals surface area contributed by atoms with E-state index in [-0.39, 0.29) is 12.5 Å². The van der Waals surface area contributed by atoms with E-state index in [4.69, 9.17) is 9.47 Å². The summed E-state index contributed by atoms with van der Waals surface area (Å²) in [5.41, 5.74) is 0.979. The minimum Gasteiger partial charge on any atom is -0.444 e. The molecule has 3 atom stereocenters. The molecule has 3 rings (SSSR count). The average molecular weight is 532 g/mol. The van der Waals surface area contributed by atoms with E-state index in [2.05, 4.69) is 20.9 Å². The Balaban J connectivity index is 1.43. The number of hydrogen-bond acceptors (Lipinski definition) is 8. The molecule has 2 heterocycles. The fourth-order valence-corrected chi connectivity index (χ4v) is 4.14. The van der Waals surface area contributed by atoms with Crippen molar-refractivity contribution in [2.75, 3.05) is 26.0 Å². The number of carbonyl (C=O) groups is 4. The molecule has 1 aliphatic heterocycles. The monoisotopic (exact) mass is 531 g/mol. The van der Waals surface area contributed by atoms with Gasteiger partial charge in [0, 0.05) is 38.9 Å². The molecule has 1 saturated heterocycles.